The fourth-order valence-electron chi connectivity index (χ4n) is 2.48. The third-order valence-electron chi connectivity index (χ3n) is 3.70. The Labute approximate surface area is 134 Å². The highest BCUT2D eigenvalue weighted by Crippen LogP contribution is 2.24. The van der Waals surface area contributed by atoms with Gasteiger partial charge in [-0.1, -0.05) is 13.0 Å². The molecular formula is C15H18ClFN4O. The van der Waals surface area contributed by atoms with Gasteiger partial charge in [-0.2, -0.15) is 5.10 Å². The number of benzene rings is 1. The highest BCUT2D eigenvalue weighted by molar-refractivity contribution is 6.03. The summed E-state index contributed by atoms with van der Waals surface area (Å²) in [6.45, 7) is 3.38. The fraction of sp³-hybridized carbons (Fsp3) is 0.333. The van der Waals surface area contributed by atoms with Crippen LogP contribution in [0.1, 0.15) is 34.2 Å². The molecule has 0 unspecified atom stereocenters. The van der Waals surface area contributed by atoms with Gasteiger partial charge in [-0.25, -0.2) is 4.39 Å². The van der Waals surface area contributed by atoms with Gasteiger partial charge >= 0.3 is 0 Å². The van der Waals surface area contributed by atoms with Crippen LogP contribution in [0.3, 0.4) is 0 Å². The van der Waals surface area contributed by atoms with Crippen LogP contribution >= 0.6 is 12.4 Å². The van der Waals surface area contributed by atoms with Gasteiger partial charge in [-0.05, 0) is 42.6 Å². The van der Waals surface area contributed by atoms with Crippen LogP contribution < -0.4 is 10.6 Å². The van der Waals surface area contributed by atoms with Gasteiger partial charge in [0.15, 0.2) is 5.69 Å². The molecule has 0 radical (unpaired) electrons. The maximum absolute atomic E-state index is 14.4. The second kappa shape index (κ2) is 6.89. The van der Waals surface area contributed by atoms with E-state index in [-0.39, 0.29) is 29.6 Å². The van der Waals surface area contributed by atoms with Crippen molar-refractivity contribution in [3.63, 3.8) is 0 Å². The molecule has 1 aromatic heterocycles. The van der Waals surface area contributed by atoms with E-state index in [9.17, 15) is 9.18 Å². The quantitative estimate of drug-likeness (QED) is 0.812. The van der Waals surface area contributed by atoms with E-state index in [0.29, 0.717) is 18.5 Å². The molecule has 0 spiro atoms. The Morgan fingerprint density at radius 1 is 1.45 bits per heavy atom. The number of amides is 1. The molecule has 0 fully saturated rings. The molecule has 2 heterocycles. The Bertz CT molecular complexity index is 686. The van der Waals surface area contributed by atoms with Gasteiger partial charge in [-0.3, -0.25) is 9.89 Å². The van der Waals surface area contributed by atoms with Gasteiger partial charge in [-0.15, -0.1) is 12.4 Å². The first-order valence-corrected chi connectivity index (χ1v) is 7.05. The van der Waals surface area contributed by atoms with E-state index in [1.807, 2.05) is 13.0 Å². The van der Waals surface area contributed by atoms with E-state index < -0.39 is 5.91 Å². The lowest BCUT2D eigenvalue weighted by Gasteiger charge is -2.19. The van der Waals surface area contributed by atoms with Crippen LogP contribution in [0, 0.1) is 5.82 Å². The molecule has 1 aliphatic heterocycles. The number of rotatable bonds is 3. The molecule has 3 N–H and O–H groups in total. The molecule has 5 nitrogen and oxygen atoms in total. The second-order valence-electron chi connectivity index (χ2n) is 5.08. The monoisotopic (exact) mass is 324 g/mol. The summed E-state index contributed by atoms with van der Waals surface area (Å²) >= 11 is 0. The maximum atomic E-state index is 14.4. The number of aromatic amines is 1. The summed E-state index contributed by atoms with van der Waals surface area (Å²) in [7, 11) is 0. The number of H-pyrrole nitrogens is 1. The largest absolute Gasteiger partial charge is 0.318 e. The molecule has 3 rings (SSSR count). The van der Waals surface area contributed by atoms with E-state index in [0.717, 1.165) is 24.2 Å². The van der Waals surface area contributed by atoms with Gasteiger partial charge in [0, 0.05) is 12.2 Å². The number of halogens is 2. The number of aryl methyl sites for hydroxylation is 1. The summed E-state index contributed by atoms with van der Waals surface area (Å²) in [5.74, 6) is -0.743. The van der Waals surface area contributed by atoms with Crippen molar-refractivity contribution < 1.29 is 9.18 Å². The van der Waals surface area contributed by atoms with E-state index >= 15 is 0 Å². The van der Waals surface area contributed by atoms with Crippen molar-refractivity contribution in [2.24, 2.45) is 0 Å². The molecule has 22 heavy (non-hydrogen) atoms. The molecule has 118 valence electrons. The van der Waals surface area contributed by atoms with Crippen LogP contribution in [-0.4, -0.2) is 22.6 Å². The average molecular weight is 325 g/mol. The van der Waals surface area contributed by atoms with Crippen molar-refractivity contribution >= 4 is 24.0 Å². The standard InChI is InChI=1S/C15H17FN4O.ClH/c1-2-10-7-13(20-19-10)15(21)18-12-4-3-9-8-17-6-5-11(9)14(12)16;/h3-4,7,17H,2,5-6,8H2,1H3,(H,18,21)(H,19,20);1H. The number of carbonyl (C=O) groups is 1. The molecular weight excluding hydrogens is 307 g/mol. The van der Waals surface area contributed by atoms with Crippen LogP contribution in [0.5, 0.6) is 0 Å². The predicted molar refractivity (Wildman–Crippen MR) is 85.0 cm³/mol. The topological polar surface area (TPSA) is 69.8 Å². The van der Waals surface area contributed by atoms with Crippen molar-refractivity contribution in [1.82, 2.24) is 15.5 Å². The summed E-state index contributed by atoms with van der Waals surface area (Å²) in [6.07, 6.45) is 1.40. The highest BCUT2D eigenvalue weighted by atomic mass is 35.5. The lowest BCUT2D eigenvalue weighted by molar-refractivity contribution is 0.102. The summed E-state index contributed by atoms with van der Waals surface area (Å²) in [4.78, 5) is 12.1. The lowest BCUT2D eigenvalue weighted by Crippen LogP contribution is -2.25. The Morgan fingerprint density at radius 3 is 3.00 bits per heavy atom. The smallest absolute Gasteiger partial charge is 0.276 e. The Kier molecular flexibility index (Phi) is 5.15. The molecule has 0 bridgehead atoms. The Balaban J connectivity index is 0.00000176. The Hall–Kier alpha value is -1.92. The number of fused-ring (bicyclic) bond motifs is 1. The Morgan fingerprint density at radius 2 is 2.27 bits per heavy atom. The van der Waals surface area contributed by atoms with E-state index in [1.54, 1.807) is 12.1 Å². The minimum absolute atomic E-state index is 0. The lowest BCUT2D eigenvalue weighted by atomic mass is 9.99. The molecule has 1 aromatic carbocycles. The zero-order valence-corrected chi connectivity index (χ0v) is 13.0. The van der Waals surface area contributed by atoms with Crippen molar-refractivity contribution in [2.75, 3.05) is 11.9 Å². The summed E-state index contributed by atoms with van der Waals surface area (Å²) in [5.41, 5.74) is 2.98. The molecule has 0 saturated carbocycles. The SMILES string of the molecule is CCc1cc(C(=O)Nc2ccc3c(c2F)CCNC3)n[nH]1.Cl. The van der Waals surface area contributed by atoms with Crippen LogP contribution in [-0.2, 0) is 19.4 Å². The summed E-state index contributed by atoms with van der Waals surface area (Å²) in [6, 6.07) is 5.13. The molecule has 0 atom stereocenters. The zero-order chi connectivity index (χ0) is 14.8. The van der Waals surface area contributed by atoms with Crippen LogP contribution in [0.4, 0.5) is 10.1 Å². The molecule has 7 heteroatoms. The second-order valence-corrected chi connectivity index (χ2v) is 5.08. The van der Waals surface area contributed by atoms with Gasteiger partial charge in [0.1, 0.15) is 5.82 Å². The number of nitrogens with zero attached hydrogens (tertiary/aromatic N) is 1. The summed E-state index contributed by atoms with van der Waals surface area (Å²) < 4.78 is 14.4. The van der Waals surface area contributed by atoms with Crippen molar-refractivity contribution in [3.8, 4) is 0 Å². The van der Waals surface area contributed by atoms with Gasteiger partial charge < -0.3 is 10.6 Å². The molecule has 1 amide bonds. The predicted octanol–water partition coefficient (Wildman–Crippen LogP) is 2.43. The van der Waals surface area contributed by atoms with E-state index in [2.05, 4.69) is 20.8 Å². The zero-order valence-electron chi connectivity index (χ0n) is 12.2. The number of aromatic nitrogens is 2. The average Bonchev–Trinajstić information content (AvgIpc) is 2.99. The summed E-state index contributed by atoms with van der Waals surface area (Å²) in [5, 5.41) is 12.5. The van der Waals surface area contributed by atoms with Crippen LogP contribution in [0.2, 0.25) is 0 Å². The first kappa shape index (κ1) is 16.5. The van der Waals surface area contributed by atoms with Crippen LogP contribution in [0.15, 0.2) is 18.2 Å². The van der Waals surface area contributed by atoms with E-state index in [4.69, 9.17) is 0 Å². The number of hydrogen-bond acceptors (Lipinski definition) is 3. The number of hydrogen-bond donors (Lipinski definition) is 3. The first-order chi connectivity index (χ1) is 10.2. The number of carbonyl (C=O) groups excluding carboxylic acids is 1. The van der Waals surface area contributed by atoms with Gasteiger partial charge in [0.25, 0.3) is 5.91 Å². The maximum Gasteiger partial charge on any atom is 0.276 e. The highest BCUT2D eigenvalue weighted by Gasteiger charge is 2.18. The number of anilines is 1. The van der Waals surface area contributed by atoms with Gasteiger partial charge in [0.2, 0.25) is 0 Å². The minimum atomic E-state index is -0.404. The molecule has 2 aromatic rings. The van der Waals surface area contributed by atoms with Crippen molar-refractivity contribution in [1.29, 1.82) is 0 Å². The minimum Gasteiger partial charge on any atom is -0.318 e. The van der Waals surface area contributed by atoms with E-state index in [1.165, 1.54) is 0 Å². The van der Waals surface area contributed by atoms with Gasteiger partial charge in [0.05, 0.1) is 5.69 Å². The number of nitrogens with one attached hydrogen (secondary N) is 3. The third-order valence-corrected chi connectivity index (χ3v) is 3.70. The molecule has 0 aliphatic carbocycles. The third kappa shape index (κ3) is 3.13. The molecule has 1 aliphatic rings. The van der Waals surface area contributed by atoms with Crippen molar-refractivity contribution in [3.05, 3.63) is 46.5 Å². The fourth-order valence-corrected chi connectivity index (χ4v) is 2.48. The van der Waals surface area contributed by atoms with Crippen molar-refractivity contribution in [2.45, 2.75) is 26.3 Å². The van der Waals surface area contributed by atoms with Crippen LogP contribution in [0.25, 0.3) is 0 Å². The molecule has 0 saturated heterocycles. The first-order valence-electron chi connectivity index (χ1n) is 7.05. The normalized spacial score (nSPS) is 13.2.